The van der Waals surface area contributed by atoms with Gasteiger partial charge in [0.1, 0.15) is 0 Å². The third-order valence-electron chi connectivity index (χ3n) is 1.24. The first-order valence-electron chi connectivity index (χ1n) is 3.17. The zero-order valence-electron chi connectivity index (χ0n) is 5.80. The van der Waals surface area contributed by atoms with E-state index in [2.05, 4.69) is 0 Å². The van der Waals surface area contributed by atoms with E-state index in [0.717, 1.165) is 12.0 Å². The molecule has 0 aliphatic rings. The summed E-state index contributed by atoms with van der Waals surface area (Å²) in [6, 6.07) is 1.97. The summed E-state index contributed by atoms with van der Waals surface area (Å²) in [6.45, 7) is 1.93. The molecule has 0 fully saturated rings. The van der Waals surface area contributed by atoms with Crippen molar-refractivity contribution in [3.63, 3.8) is 0 Å². The zero-order valence-corrected chi connectivity index (χ0v) is 6.56. The van der Waals surface area contributed by atoms with Crippen LogP contribution < -0.4 is 5.73 Å². The fourth-order valence-electron chi connectivity index (χ4n) is 0.812. The van der Waals surface area contributed by atoms with Gasteiger partial charge < -0.3 is 10.2 Å². The van der Waals surface area contributed by atoms with Crippen molar-refractivity contribution in [2.75, 3.05) is 0 Å². The average Bonchev–Trinajstić information content (AvgIpc) is 2.15. The van der Waals surface area contributed by atoms with Crippen molar-refractivity contribution < 1.29 is 4.42 Å². The molecule has 1 heterocycles. The van der Waals surface area contributed by atoms with E-state index in [1.54, 1.807) is 6.26 Å². The van der Waals surface area contributed by atoms with Gasteiger partial charge in [-0.15, -0.1) is 0 Å². The highest BCUT2D eigenvalue weighted by Crippen LogP contribution is 2.17. The lowest BCUT2D eigenvalue weighted by atomic mass is 10.1. The van der Waals surface area contributed by atoms with Gasteiger partial charge in [0, 0.05) is 11.6 Å². The highest BCUT2D eigenvalue weighted by atomic mass is 35.5. The molecule has 0 aliphatic heterocycles. The van der Waals surface area contributed by atoms with Crippen molar-refractivity contribution >= 4 is 11.6 Å². The summed E-state index contributed by atoms with van der Waals surface area (Å²) in [5.41, 5.74) is 6.54. The third-order valence-corrected chi connectivity index (χ3v) is 1.57. The summed E-state index contributed by atoms with van der Waals surface area (Å²) in [5.74, 6) is 0. The van der Waals surface area contributed by atoms with Crippen LogP contribution in [0, 0.1) is 0 Å². The summed E-state index contributed by atoms with van der Waals surface area (Å²) < 4.78 is 4.88. The summed E-state index contributed by atoms with van der Waals surface area (Å²) in [5, 5.41) is 0.456. The van der Waals surface area contributed by atoms with Gasteiger partial charge in [0.2, 0.25) is 0 Å². The van der Waals surface area contributed by atoms with Crippen molar-refractivity contribution in [1.82, 2.24) is 0 Å². The van der Waals surface area contributed by atoms with Gasteiger partial charge in [-0.3, -0.25) is 0 Å². The lowest BCUT2D eigenvalue weighted by Gasteiger charge is -2.00. The second kappa shape index (κ2) is 3.08. The van der Waals surface area contributed by atoms with Crippen LogP contribution in [0.4, 0.5) is 0 Å². The largest absolute Gasteiger partial charge is 0.453 e. The maximum absolute atomic E-state index is 5.66. The van der Waals surface area contributed by atoms with E-state index in [4.69, 9.17) is 21.8 Å². The number of furan rings is 1. The molecule has 0 aromatic carbocycles. The summed E-state index contributed by atoms with van der Waals surface area (Å²) in [6.07, 6.45) is 2.34. The molecule has 1 rings (SSSR count). The van der Waals surface area contributed by atoms with Gasteiger partial charge in [-0.1, -0.05) is 0 Å². The molecule has 0 saturated heterocycles. The Bertz CT molecular complexity index is 207. The first kappa shape index (κ1) is 7.63. The van der Waals surface area contributed by atoms with E-state index in [1.807, 2.05) is 13.0 Å². The Hall–Kier alpha value is -0.470. The Labute approximate surface area is 65.0 Å². The number of hydrogen-bond donors (Lipinski definition) is 1. The van der Waals surface area contributed by atoms with Crippen LogP contribution in [0.2, 0.25) is 5.22 Å². The summed E-state index contributed by atoms with van der Waals surface area (Å²) in [7, 11) is 0. The van der Waals surface area contributed by atoms with Crippen LogP contribution in [0.15, 0.2) is 16.7 Å². The monoisotopic (exact) mass is 159 g/mol. The molecule has 0 spiro atoms. The van der Waals surface area contributed by atoms with Crippen LogP contribution in [-0.4, -0.2) is 6.04 Å². The van der Waals surface area contributed by atoms with Gasteiger partial charge in [0.05, 0.1) is 6.26 Å². The minimum atomic E-state index is 0.134. The van der Waals surface area contributed by atoms with E-state index in [-0.39, 0.29) is 6.04 Å². The molecule has 0 amide bonds. The molecule has 2 N–H and O–H groups in total. The highest BCUT2D eigenvalue weighted by Gasteiger charge is 2.04. The van der Waals surface area contributed by atoms with Crippen LogP contribution in [0.3, 0.4) is 0 Å². The molecule has 1 aromatic rings. The number of nitrogens with two attached hydrogens (primary N) is 1. The first-order valence-corrected chi connectivity index (χ1v) is 3.55. The van der Waals surface area contributed by atoms with E-state index >= 15 is 0 Å². The smallest absolute Gasteiger partial charge is 0.196 e. The minimum absolute atomic E-state index is 0.134. The maximum atomic E-state index is 5.66. The van der Waals surface area contributed by atoms with Crippen molar-refractivity contribution in [3.05, 3.63) is 23.1 Å². The highest BCUT2D eigenvalue weighted by molar-refractivity contribution is 6.29. The predicted octanol–water partition coefficient (Wildman–Crippen LogP) is 1.82. The number of hydrogen-bond acceptors (Lipinski definition) is 2. The fraction of sp³-hybridized carbons (Fsp3) is 0.429. The van der Waals surface area contributed by atoms with Crippen molar-refractivity contribution in [2.24, 2.45) is 5.73 Å². The molecule has 1 atom stereocenters. The third kappa shape index (κ3) is 1.75. The van der Waals surface area contributed by atoms with Gasteiger partial charge >= 0.3 is 0 Å². The lowest BCUT2D eigenvalue weighted by molar-refractivity contribution is 0.564. The summed E-state index contributed by atoms with van der Waals surface area (Å²) >= 11 is 5.66. The van der Waals surface area contributed by atoms with E-state index in [1.165, 1.54) is 0 Å². The van der Waals surface area contributed by atoms with E-state index in [9.17, 15) is 0 Å². The second-order valence-corrected chi connectivity index (χ2v) is 2.74. The van der Waals surface area contributed by atoms with Crippen LogP contribution in [0.25, 0.3) is 0 Å². The van der Waals surface area contributed by atoms with Crippen LogP contribution in [-0.2, 0) is 6.42 Å². The van der Waals surface area contributed by atoms with Crippen molar-refractivity contribution in [1.29, 1.82) is 0 Å². The molecule has 1 aromatic heterocycles. The zero-order chi connectivity index (χ0) is 7.56. The molecule has 10 heavy (non-hydrogen) atoms. The molecule has 0 bridgehead atoms. The van der Waals surface area contributed by atoms with Gasteiger partial charge in [0.25, 0.3) is 0 Å². The Morgan fingerprint density at radius 3 is 2.90 bits per heavy atom. The molecule has 0 radical (unpaired) electrons. The van der Waals surface area contributed by atoms with Crippen molar-refractivity contribution in [3.8, 4) is 0 Å². The summed E-state index contributed by atoms with van der Waals surface area (Å²) in [4.78, 5) is 0. The fourth-order valence-corrected chi connectivity index (χ4v) is 1.00. The van der Waals surface area contributed by atoms with Crippen LogP contribution in [0.5, 0.6) is 0 Å². The Morgan fingerprint density at radius 1 is 1.80 bits per heavy atom. The maximum Gasteiger partial charge on any atom is 0.196 e. The number of rotatable bonds is 2. The topological polar surface area (TPSA) is 39.2 Å². The van der Waals surface area contributed by atoms with Crippen molar-refractivity contribution in [2.45, 2.75) is 19.4 Å². The molecular weight excluding hydrogens is 150 g/mol. The quantitative estimate of drug-likeness (QED) is 0.715. The standard InChI is InChI=1S/C7H10ClNO/c1-5(9)4-6-2-3-10-7(6)8/h2-3,5H,4,9H2,1H3. The minimum Gasteiger partial charge on any atom is -0.453 e. The SMILES string of the molecule is CC(N)Cc1ccoc1Cl. The Morgan fingerprint density at radius 2 is 2.50 bits per heavy atom. The van der Waals surface area contributed by atoms with Gasteiger partial charge in [-0.25, -0.2) is 0 Å². The Kier molecular flexibility index (Phi) is 2.35. The van der Waals surface area contributed by atoms with E-state index < -0.39 is 0 Å². The molecule has 2 nitrogen and oxygen atoms in total. The first-order chi connectivity index (χ1) is 4.70. The van der Waals surface area contributed by atoms with Crippen LogP contribution >= 0.6 is 11.6 Å². The molecule has 0 aliphatic carbocycles. The number of halogens is 1. The van der Waals surface area contributed by atoms with Gasteiger partial charge in [-0.2, -0.15) is 0 Å². The molecular formula is C7H10ClNO. The van der Waals surface area contributed by atoms with Gasteiger partial charge in [-0.05, 0) is 31.0 Å². The lowest BCUT2D eigenvalue weighted by Crippen LogP contribution is -2.17. The Balaban J connectivity index is 2.65. The predicted molar refractivity (Wildman–Crippen MR) is 41.1 cm³/mol. The van der Waals surface area contributed by atoms with Gasteiger partial charge in [0.15, 0.2) is 5.22 Å². The molecule has 3 heteroatoms. The van der Waals surface area contributed by atoms with Crippen LogP contribution in [0.1, 0.15) is 12.5 Å². The molecule has 56 valence electrons. The molecule has 0 saturated carbocycles. The van der Waals surface area contributed by atoms with E-state index in [0.29, 0.717) is 5.22 Å². The second-order valence-electron chi connectivity index (χ2n) is 2.40. The average molecular weight is 160 g/mol. The normalized spacial score (nSPS) is 13.5. The molecule has 1 unspecified atom stereocenters.